The Hall–Kier alpha value is -5.93. The molecule has 5 aromatic carbocycles. The lowest BCUT2D eigenvalue weighted by Crippen LogP contribution is -2.28. The minimum absolute atomic E-state index is 0.533. The number of hydrogen-bond donors (Lipinski definition) is 0. The summed E-state index contributed by atoms with van der Waals surface area (Å²) in [7, 11) is 0. The molecular weight excluding hydrogens is 571 g/mol. The van der Waals surface area contributed by atoms with Crippen molar-refractivity contribution in [1.82, 2.24) is 4.98 Å². The molecule has 0 N–H and O–H groups in total. The fraction of sp³-hybridized carbons (Fsp3) is 0.0682. The van der Waals surface area contributed by atoms with Crippen molar-refractivity contribution in [3.05, 3.63) is 215 Å². The highest BCUT2D eigenvalue weighted by atomic mass is 14.9. The van der Waals surface area contributed by atoms with Gasteiger partial charge in [-0.3, -0.25) is 4.98 Å². The van der Waals surface area contributed by atoms with Crippen LogP contribution in [-0.4, -0.2) is 16.5 Å². The molecule has 0 radical (unpaired) electrons. The van der Waals surface area contributed by atoms with Gasteiger partial charge in [-0.05, 0) is 71.5 Å². The van der Waals surface area contributed by atoms with Gasteiger partial charge in [0.05, 0.1) is 16.8 Å². The summed E-state index contributed by atoms with van der Waals surface area (Å²) < 4.78 is 0. The molecular formula is C44H35N3. The first-order valence-electron chi connectivity index (χ1n) is 15.9. The highest BCUT2D eigenvalue weighted by Gasteiger charge is 2.46. The van der Waals surface area contributed by atoms with Crippen LogP contribution in [0.1, 0.15) is 50.3 Å². The van der Waals surface area contributed by atoms with Gasteiger partial charge >= 0.3 is 0 Å². The molecule has 0 unspecified atom stereocenters. The van der Waals surface area contributed by atoms with Crippen LogP contribution in [0.3, 0.4) is 0 Å². The van der Waals surface area contributed by atoms with E-state index < -0.39 is 5.41 Å². The van der Waals surface area contributed by atoms with Crippen molar-refractivity contribution >= 4 is 17.2 Å². The summed E-state index contributed by atoms with van der Waals surface area (Å²) >= 11 is 0. The normalized spacial score (nSPS) is 13.5. The second-order valence-electron chi connectivity index (χ2n) is 11.8. The Kier molecular flexibility index (Phi) is 7.89. The third-order valence-corrected chi connectivity index (χ3v) is 8.98. The van der Waals surface area contributed by atoms with Crippen LogP contribution < -0.4 is 0 Å². The largest absolute Gasteiger partial charge is 0.258 e. The second-order valence-corrected chi connectivity index (χ2v) is 11.8. The molecule has 1 heterocycles. The van der Waals surface area contributed by atoms with Gasteiger partial charge in [0.25, 0.3) is 0 Å². The lowest BCUT2D eigenvalue weighted by Gasteiger charge is -2.34. The number of benzene rings is 5. The summed E-state index contributed by atoms with van der Waals surface area (Å²) in [5, 5.41) is 0. The van der Waals surface area contributed by atoms with Crippen molar-refractivity contribution in [3.8, 4) is 11.1 Å². The Morgan fingerprint density at radius 3 is 1.85 bits per heavy atom. The Balaban J connectivity index is 1.50. The Morgan fingerprint density at radius 2 is 1.21 bits per heavy atom. The third-order valence-electron chi connectivity index (χ3n) is 8.98. The zero-order chi connectivity index (χ0) is 32.4. The first kappa shape index (κ1) is 29.8. The number of allylic oxidation sites excluding steroid dienone is 1. The van der Waals surface area contributed by atoms with Crippen molar-refractivity contribution in [3.63, 3.8) is 0 Å². The predicted octanol–water partition coefficient (Wildman–Crippen LogP) is 10.2. The van der Waals surface area contributed by atoms with Gasteiger partial charge in [0, 0.05) is 28.1 Å². The molecule has 3 nitrogen and oxygen atoms in total. The smallest absolute Gasteiger partial charge is 0.160 e. The fourth-order valence-electron chi connectivity index (χ4n) is 6.87. The molecule has 0 spiro atoms. The number of aromatic nitrogens is 1. The van der Waals surface area contributed by atoms with E-state index in [1.165, 1.54) is 33.4 Å². The molecule has 0 saturated heterocycles. The number of fused-ring (bicyclic) bond motifs is 3. The molecule has 0 amide bonds. The summed E-state index contributed by atoms with van der Waals surface area (Å²) in [6.45, 7) is 12.5. The number of amidine groups is 1. The molecule has 1 aromatic heterocycles. The van der Waals surface area contributed by atoms with E-state index in [1.54, 1.807) is 6.08 Å². The summed E-state index contributed by atoms with van der Waals surface area (Å²) in [6.07, 6.45) is 1.79. The standard InChI is InChI=1S/C44H35N3/c1-5-42(33-17-9-6-10-18-33)47-43(46-32(4)37-27-25-30(2)45-31(37)3)34-26-28-39-38-23-15-16-24-40(38)44(41(39)29-34,35-19-11-7-12-20-35)36-21-13-8-14-22-36/h5-29H,1,4H2,2-3H3. The van der Waals surface area contributed by atoms with Crippen LogP contribution in [0.4, 0.5) is 0 Å². The molecule has 1 aliphatic carbocycles. The maximum Gasteiger partial charge on any atom is 0.160 e. The number of nitrogens with zero attached hydrogens (tertiary/aromatic N) is 3. The summed E-state index contributed by atoms with van der Waals surface area (Å²) in [4.78, 5) is 15.0. The first-order chi connectivity index (χ1) is 23.0. The quantitative estimate of drug-likeness (QED) is 0.132. The average molecular weight is 606 g/mol. The molecule has 47 heavy (non-hydrogen) atoms. The number of aryl methyl sites for hydroxylation is 2. The topological polar surface area (TPSA) is 37.6 Å². The zero-order valence-corrected chi connectivity index (χ0v) is 26.7. The SMILES string of the molecule is C=CC(=NC(=NC(=C)c1ccc(C)nc1C)c1ccc2c(c1)C(c1ccccc1)(c1ccccc1)c1ccccc1-2)c1ccccc1. The minimum Gasteiger partial charge on any atom is -0.258 e. The van der Waals surface area contributed by atoms with Crippen LogP contribution in [0.15, 0.2) is 175 Å². The van der Waals surface area contributed by atoms with Gasteiger partial charge in [0.2, 0.25) is 0 Å². The van der Waals surface area contributed by atoms with E-state index in [0.717, 1.165) is 33.8 Å². The third kappa shape index (κ3) is 5.26. The second kappa shape index (κ2) is 12.5. The Bertz CT molecular complexity index is 2140. The highest BCUT2D eigenvalue weighted by Crippen LogP contribution is 2.56. The molecule has 1 aliphatic rings. The van der Waals surface area contributed by atoms with Crippen LogP contribution >= 0.6 is 0 Å². The van der Waals surface area contributed by atoms with E-state index in [0.29, 0.717) is 11.5 Å². The van der Waals surface area contributed by atoms with Crippen LogP contribution in [-0.2, 0) is 5.41 Å². The van der Waals surface area contributed by atoms with Crippen molar-refractivity contribution in [2.24, 2.45) is 9.98 Å². The van der Waals surface area contributed by atoms with E-state index in [2.05, 4.69) is 121 Å². The predicted molar refractivity (Wildman–Crippen MR) is 196 cm³/mol. The van der Waals surface area contributed by atoms with E-state index >= 15 is 0 Å². The van der Waals surface area contributed by atoms with E-state index in [4.69, 9.17) is 9.98 Å². The van der Waals surface area contributed by atoms with Crippen molar-refractivity contribution in [2.45, 2.75) is 19.3 Å². The lowest BCUT2D eigenvalue weighted by molar-refractivity contribution is 0.768. The summed E-state index contributed by atoms with van der Waals surface area (Å²) in [5.41, 5.74) is 12.7. The number of hydrogen-bond acceptors (Lipinski definition) is 2. The maximum atomic E-state index is 5.18. The minimum atomic E-state index is -0.533. The molecule has 0 atom stereocenters. The summed E-state index contributed by atoms with van der Waals surface area (Å²) in [6, 6.07) is 51.1. The van der Waals surface area contributed by atoms with Gasteiger partial charge < -0.3 is 0 Å². The molecule has 0 bridgehead atoms. The van der Waals surface area contributed by atoms with E-state index in [-0.39, 0.29) is 0 Å². The van der Waals surface area contributed by atoms with Gasteiger partial charge in [-0.25, -0.2) is 9.98 Å². The zero-order valence-electron chi connectivity index (χ0n) is 26.7. The van der Waals surface area contributed by atoms with Crippen molar-refractivity contribution in [2.75, 3.05) is 0 Å². The van der Waals surface area contributed by atoms with Crippen LogP contribution in [0, 0.1) is 13.8 Å². The molecule has 7 rings (SSSR count). The molecule has 3 heteroatoms. The van der Waals surface area contributed by atoms with Crippen molar-refractivity contribution in [1.29, 1.82) is 0 Å². The van der Waals surface area contributed by atoms with Gasteiger partial charge in [-0.15, -0.1) is 0 Å². The molecule has 0 aliphatic heterocycles. The summed E-state index contributed by atoms with van der Waals surface area (Å²) in [5.74, 6) is 0.558. The van der Waals surface area contributed by atoms with Crippen molar-refractivity contribution < 1.29 is 0 Å². The Morgan fingerprint density at radius 1 is 0.617 bits per heavy atom. The van der Waals surface area contributed by atoms with Crippen LogP contribution in [0.5, 0.6) is 0 Å². The molecule has 226 valence electrons. The number of pyridine rings is 1. The maximum absolute atomic E-state index is 5.18. The van der Waals surface area contributed by atoms with Gasteiger partial charge in [0.15, 0.2) is 5.84 Å². The molecule has 0 saturated carbocycles. The molecule has 0 fully saturated rings. The monoisotopic (exact) mass is 605 g/mol. The fourth-order valence-corrected chi connectivity index (χ4v) is 6.87. The number of rotatable bonds is 7. The van der Waals surface area contributed by atoms with Crippen LogP contribution in [0.2, 0.25) is 0 Å². The lowest BCUT2D eigenvalue weighted by atomic mass is 9.67. The van der Waals surface area contributed by atoms with E-state index in [1.807, 2.05) is 56.3 Å². The van der Waals surface area contributed by atoms with Gasteiger partial charge in [-0.1, -0.05) is 141 Å². The number of aliphatic imine (C=N–C) groups is 2. The van der Waals surface area contributed by atoms with Crippen LogP contribution in [0.25, 0.3) is 16.8 Å². The van der Waals surface area contributed by atoms with Gasteiger partial charge in [0.1, 0.15) is 0 Å². The average Bonchev–Trinajstić information content (AvgIpc) is 3.41. The van der Waals surface area contributed by atoms with E-state index in [9.17, 15) is 0 Å². The first-order valence-corrected chi connectivity index (χ1v) is 15.9. The Labute approximate surface area is 277 Å². The van der Waals surface area contributed by atoms with Gasteiger partial charge in [-0.2, -0.15) is 0 Å². The highest BCUT2D eigenvalue weighted by molar-refractivity contribution is 6.17. The molecule has 6 aromatic rings.